The number of nitrogens with zero attached hydrogens (tertiary/aromatic N) is 5. The minimum absolute atomic E-state index is 0.134. The van der Waals surface area contributed by atoms with E-state index in [4.69, 9.17) is 62.2 Å². The second kappa shape index (κ2) is 17.7. The molecule has 4 aromatic carbocycles. The van der Waals surface area contributed by atoms with Gasteiger partial charge in [0.25, 0.3) is 0 Å². The fourth-order valence-electron chi connectivity index (χ4n) is 5.71. The summed E-state index contributed by atoms with van der Waals surface area (Å²) in [4.78, 5) is 11.4. The molecule has 0 fully saturated rings. The van der Waals surface area contributed by atoms with E-state index in [1.54, 1.807) is 53.1 Å². The van der Waals surface area contributed by atoms with Gasteiger partial charge in [0.2, 0.25) is 11.9 Å². The average Bonchev–Trinajstić information content (AvgIpc) is 3.65. The van der Waals surface area contributed by atoms with Crippen molar-refractivity contribution in [3.05, 3.63) is 92.9 Å². The van der Waals surface area contributed by atoms with Crippen molar-refractivity contribution < 1.29 is 20.4 Å². The first kappa shape index (κ1) is 39.2. The standard InChI is InChI=1S/C20H24Cl2N4O2.C16H16Cl2N4O2/c1-3-25(4-2)18-7-5-6-17-19(18)26(11-14(28)12-27)20(24-17)23-16-9-8-13(21)10-15(16)22;17-9-4-5-13(11(18)6-9)20-16-21-14-3-1-2-12(19)15(14)22(16)7-10(24)8-23/h5-10,14,27-28H,3-4,11-12H2,1-2H3,(H,23,24);1-6,10,23-24H,7-8,19H2,(H,20,21). The summed E-state index contributed by atoms with van der Waals surface area (Å²) in [5, 5.41) is 46.9. The predicted octanol–water partition coefficient (Wildman–Crippen LogP) is 7.31. The van der Waals surface area contributed by atoms with E-state index in [0.717, 1.165) is 29.8 Å². The van der Waals surface area contributed by atoms with Gasteiger partial charge in [-0.25, -0.2) is 9.97 Å². The molecule has 6 rings (SSSR count). The zero-order chi connectivity index (χ0) is 37.5. The molecule has 2 unspecified atom stereocenters. The number of hydrogen-bond acceptors (Lipinski definition) is 10. The summed E-state index contributed by atoms with van der Waals surface area (Å²) >= 11 is 24.4. The normalized spacial score (nSPS) is 12.4. The lowest BCUT2D eigenvalue weighted by Crippen LogP contribution is -2.24. The van der Waals surface area contributed by atoms with Gasteiger partial charge >= 0.3 is 0 Å². The molecule has 0 aliphatic heterocycles. The number of para-hydroxylation sites is 2. The SMILES string of the molecule is CCN(CC)c1cccc2nc(Nc3ccc(Cl)cc3Cl)n(CC(O)CO)c12.Nc1cccc2nc(Nc3ccc(Cl)cc3Cl)n(CC(O)CO)c12. The van der Waals surface area contributed by atoms with E-state index < -0.39 is 12.2 Å². The molecule has 0 spiro atoms. The smallest absolute Gasteiger partial charge is 0.208 e. The van der Waals surface area contributed by atoms with Gasteiger partial charge in [-0.1, -0.05) is 58.5 Å². The summed E-state index contributed by atoms with van der Waals surface area (Å²) in [6.45, 7) is 5.50. The van der Waals surface area contributed by atoms with Crippen molar-refractivity contribution >= 4 is 103 Å². The second-order valence-corrected chi connectivity index (χ2v) is 13.5. The Kier molecular flexibility index (Phi) is 13.3. The van der Waals surface area contributed by atoms with Gasteiger partial charge in [-0.3, -0.25) is 0 Å². The van der Waals surface area contributed by atoms with Crippen LogP contribution in [0.25, 0.3) is 22.1 Å². The second-order valence-electron chi connectivity index (χ2n) is 11.8. The highest BCUT2D eigenvalue weighted by molar-refractivity contribution is 6.37. The van der Waals surface area contributed by atoms with Crippen molar-refractivity contribution in [2.24, 2.45) is 0 Å². The van der Waals surface area contributed by atoms with Crippen LogP contribution in [0.1, 0.15) is 13.8 Å². The zero-order valence-corrected chi connectivity index (χ0v) is 31.5. The minimum atomic E-state index is -0.941. The highest BCUT2D eigenvalue weighted by Gasteiger charge is 2.20. The molecule has 0 saturated heterocycles. The van der Waals surface area contributed by atoms with Crippen molar-refractivity contribution in [3.63, 3.8) is 0 Å². The summed E-state index contributed by atoms with van der Waals surface area (Å²) in [5.41, 5.74) is 11.9. The van der Waals surface area contributed by atoms with E-state index in [-0.39, 0.29) is 26.3 Å². The first-order valence-electron chi connectivity index (χ1n) is 16.5. The number of fused-ring (bicyclic) bond motifs is 2. The third-order valence-electron chi connectivity index (χ3n) is 8.21. The van der Waals surface area contributed by atoms with Gasteiger partial charge in [-0.15, -0.1) is 0 Å². The van der Waals surface area contributed by atoms with Crippen molar-refractivity contribution in [3.8, 4) is 0 Å². The highest BCUT2D eigenvalue weighted by atomic mass is 35.5. The maximum absolute atomic E-state index is 10.1. The lowest BCUT2D eigenvalue weighted by molar-refractivity contribution is 0.0825. The average molecular weight is 791 g/mol. The summed E-state index contributed by atoms with van der Waals surface area (Å²) in [7, 11) is 0. The quantitative estimate of drug-likeness (QED) is 0.0589. The Balaban J connectivity index is 0.000000203. The molecule has 0 radical (unpaired) electrons. The lowest BCUT2D eigenvalue weighted by atomic mass is 10.2. The Morgan fingerprint density at radius 3 is 1.62 bits per heavy atom. The Bertz CT molecular complexity index is 2140. The van der Waals surface area contributed by atoms with Crippen LogP contribution in [0.2, 0.25) is 20.1 Å². The Morgan fingerprint density at radius 1 is 0.692 bits per heavy atom. The van der Waals surface area contributed by atoms with E-state index >= 15 is 0 Å². The lowest BCUT2D eigenvalue weighted by Gasteiger charge is -2.23. The van der Waals surface area contributed by atoms with Crippen LogP contribution in [-0.2, 0) is 13.1 Å². The fourth-order valence-corrected chi connectivity index (χ4v) is 6.62. The third-order valence-corrected chi connectivity index (χ3v) is 9.31. The molecule has 12 nitrogen and oxygen atoms in total. The van der Waals surface area contributed by atoms with Gasteiger partial charge in [-0.05, 0) is 74.5 Å². The van der Waals surface area contributed by atoms with Crippen LogP contribution < -0.4 is 21.3 Å². The van der Waals surface area contributed by atoms with Gasteiger partial charge in [0.1, 0.15) is 0 Å². The number of aliphatic hydroxyl groups is 4. The first-order valence-corrected chi connectivity index (χ1v) is 18.0. The van der Waals surface area contributed by atoms with Gasteiger partial charge < -0.3 is 50.8 Å². The number of benzene rings is 4. The molecule has 16 heteroatoms. The van der Waals surface area contributed by atoms with Crippen molar-refractivity contribution in [2.75, 3.05) is 47.6 Å². The molecule has 0 bridgehead atoms. The Morgan fingerprint density at radius 2 is 1.15 bits per heavy atom. The number of nitrogen functional groups attached to an aromatic ring is 1. The van der Waals surface area contributed by atoms with Crippen molar-refractivity contribution in [1.29, 1.82) is 0 Å². The summed E-state index contributed by atoms with van der Waals surface area (Å²) in [6, 6.07) is 21.6. The molecule has 0 aliphatic carbocycles. The molecular formula is C36H40Cl4N8O4. The van der Waals surface area contributed by atoms with Crippen LogP contribution in [0.4, 0.5) is 34.6 Å². The number of nitrogens with one attached hydrogen (secondary N) is 2. The minimum Gasteiger partial charge on any atom is -0.397 e. The number of halogens is 4. The van der Waals surface area contributed by atoms with Crippen LogP contribution in [0.3, 0.4) is 0 Å². The first-order chi connectivity index (χ1) is 25.0. The van der Waals surface area contributed by atoms with E-state index in [0.29, 0.717) is 60.1 Å². The number of anilines is 6. The molecule has 0 amide bonds. The largest absolute Gasteiger partial charge is 0.397 e. The van der Waals surface area contributed by atoms with E-state index in [1.165, 1.54) is 0 Å². The molecule has 52 heavy (non-hydrogen) atoms. The predicted molar refractivity (Wildman–Crippen MR) is 213 cm³/mol. The van der Waals surface area contributed by atoms with Crippen LogP contribution in [-0.4, -0.2) is 78.0 Å². The Hall–Kier alpha value is -3.98. The summed E-state index contributed by atoms with van der Waals surface area (Å²) in [5.74, 6) is 0.992. The van der Waals surface area contributed by atoms with Crippen LogP contribution in [0, 0.1) is 0 Å². The molecule has 0 aliphatic rings. The molecule has 2 heterocycles. The zero-order valence-electron chi connectivity index (χ0n) is 28.4. The topological polar surface area (TPSA) is 170 Å². The third kappa shape index (κ3) is 8.96. The van der Waals surface area contributed by atoms with E-state index in [1.807, 2.05) is 28.8 Å². The molecule has 2 atom stereocenters. The monoisotopic (exact) mass is 788 g/mol. The van der Waals surface area contributed by atoms with Crippen LogP contribution >= 0.6 is 46.4 Å². The van der Waals surface area contributed by atoms with Crippen molar-refractivity contribution in [2.45, 2.75) is 39.1 Å². The maximum Gasteiger partial charge on any atom is 0.208 e. The molecular weight excluding hydrogens is 750 g/mol. The summed E-state index contributed by atoms with van der Waals surface area (Å²) in [6.07, 6.45) is -1.85. The maximum atomic E-state index is 10.1. The molecule has 6 aromatic rings. The highest BCUT2D eigenvalue weighted by Crippen LogP contribution is 2.34. The summed E-state index contributed by atoms with van der Waals surface area (Å²) < 4.78 is 3.60. The van der Waals surface area contributed by atoms with Gasteiger partial charge in [0.15, 0.2) is 0 Å². The number of aromatic nitrogens is 4. The number of nitrogens with two attached hydrogens (primary N) is 1. The van der Waals surface area contributed by atoms with Crippen LogP contribution in [0.5, 0.6) is 0 Å². The Labute approximate surface area is 320 Å². The number of rotatable bonds is 13. The van der Waals surface area contributed by atoms with Gasteiger partial charge in [-0.2, -0.15) is 0 Å². The molecule has 276 valence electrons. The number of imidazole rings is 2. The van der Waals surface area contributed by atoms with Gasteiger partial charge in [0, 0.05) is 23.1 Å². The number of aliphatic hydroxyl groups excluding tert-OH is 4. The molecule has 8 N–H and O–H groups in total. The van der Waals surface area contributed by atoms with E-state index in [2.05, 4.69) is 34.4 Å². The molecule has 2 aromatic heterocycles. The number of hydrogen-bond donors (Lipinski definition) is 7. The van der Waals surface area contributed by atoms with E-state index in [9.17, 15) is 15.3 Å². The van der Waals surface area contributed by atoms with Gasteiger partial charge in [0.05, 0.1) is 93.4 Å². The molecule has 0 saturated carbocycles. The van der Waals surface area contributed by atoms with Crippen LogP contribution in [0.15, 0.2) is 72.8 Å². The fraction of sp³-hybridized carbons (Fsp3) is 0.278. The van der Waals surface area contributed by atoms with Crippen molar-refractivity contribution in [1.82, 2.24) is 19.1 Å².